The van der Waals surface area contributed by atoms with Crippen LogP contribution in [0, 0.1) is 0 Å². The van der Waals surface area contributed by atoms with Gasteiger partial charge in [0.15, 0.2) is 0 Å². The zero-order chi connectivity index (χ0) is 14.7. The highest BCUT2D eigenvalue weighted by molar-refractivity contribution is 5.92. The molecule has 1 amide bonds. The first-order valence-corrected chi connectivity index (χ1v) is 6.56. The van der Waals surface area contributed by atoms with Crippen molar-refractivity contribution in [1.29, 1.82) is 0 Å². The van der Waals surface area contributed by atoms with Crippen molar-refractivity contribution in [3.8, 4) is 5.69 Å². The van der Waals surface area contributed by atoms with Gasteiger partial charge in [0.1, 0.15) is 5.69 Å². The second-order valence-corrected chi connectivity index (χ2v) is 4.67. The molecule has 106 valence electrons. The fourth-order valence-corrected chi connectivity index (χ4v) is 2.16. The molecule has 3 rings (SSSR count). The van der Waals surface area contributed by atoms with Gasteiger partial charge in [-0.1, -0.05) is 18.2 Å². The van der Waals surface area contributed by atoms with Gasteiger partial charge in [-0.25, -0.2) is 9.97 Å². The first-order chi connectivity index (χ1) is 10.3. The van der Waals surface area contributed by atoms with Crippen molar-refractivity contribution in [2.75, 3.05) is 0 Å². The summed E-state index contributed by atoms with van der Waals surface area (Å²) >= 11 is 0. The topological polar surface area (TPSA) is 64.7 Å². The van der Waals surface area contributed by atoms with Crippen molar-refractivity contribution in [1.82, 2.24) is 24.4 Å². The van der Waals surface area contributed by atoms with Crippen molar-refractivity contribution in [2.45, 2.75) is 6.54 Å². The predicted octanol–water partition coefficient (Wildman–Crippen LogP) is 1.54. The average Bonchev–Trinajstić information content (AvgIpc) is 3.16. The third kappa shape index (κ3) is 2.69. The Morgan fingerprint density at radius 1 is 1.24 bits per heavy atom. The minimum absolute atomic E-state index is 0.143. The first-order valence-electron chi connectivity index (χ1n) is 6.56. The highest BCUT2D eigenvalue weighted by Crippen LogP contribution is 2.14. The molecule has 0 bridgehead atoms. The van der Waals surface area contributed by atoms with E-state index in [1.165, 1.54) is 0 Å². The Hall–Kier alpha value is -2.89. The smallest absolute Gasteiger partial charge is 0.269 e. The molecule has 1 aromatic carbocycles. The van der Waals surface area contributed by atoms with E-state index in [1.54, 1.807) is 36.7 Å². The Kier molecular flexibility index (Phi) is 3.51. The van der Waals surface area contributed by atoms with Crippen molar-refractivity contribution in [2.24, 2.45) is 7.05 Å². The molecule has 6 nitrogen and oxygen atoms in total. The highest BCUT2D eigenvalue weighted by Gasteiger charge is 2.10. The molecule has 0 radical (unpaired) electrons. The van der Waals surface area contributed by atoms with Gasteiger partial charge in [-0.15, -0.1) is 0 Å². The summed E-state index contributed by atoms with van der Waals surface area (Å²) < 4.78 is 3.61. The third-order valence-electron chi connectivity index (χ3n) is 3.26. The molecule has 1 N–H and O–H groups in total. The second kappa shape index (κ2) is 5.62. The number of hydrogen-bond donors (Lipinski definition) is 1. The predicted molar refractivity (Wildman–Crippen MR) is 77.9 cm³/mol. The summed E-state index contributed by atoms with van der Waals surface area (Å²) in [7, 11) is 1.79. The van der Waals surface area contributed by atoms with Crippen molar-refractivity contribution in [3.05, 3.63) is 66.8 Å². The maximum Gasteiger partial charge on any atom is 0.269 e. The standard InChI is InChI=1S/C15H15N5O/c1-19-10-17-9-14(19)15(21)18-8-12-4-2-3-5-13(12)20-7-6-16-11-20/h2-7,9-11H,8H2,1H3,(H,18,21). The van der Waals surface area contributed by atoms with E-state index < -0.39 is 0 Å². The van der Waals surface area contributed by atoms with Gasteiger partial charge in [-0.3, -0.25) is 4.79 Å². The fourth-order valence-electron chi connectivity index (χ4n) is 2.16. The molecule has 0 saturated carbocycles. The number of carbonyl (C=O) groups is 1. The van der Waals surface area contributed by atoms with Gasteiger partial charge >= 0.3 is 0 Å². The maximum atomic E-state index is 12.1. The second-order valence-electron chi connectivity index (χ2n) is 4.67. The quantitative estimate of drug-likeness (QED) is 0.789. The van der Waals surface area contributed by atoms with Crippen LogP contribution >= 0.6 is 0 Å². The minimum Gasteiger partial charge on any atom is -0.347 e. The van der Waals surface area contributed by atoms with Crippen LogP contribution in [-0.2, 0) is 13.6 Å². The van der Waals surface area contributed by atoms with E-state index >= 15 is 0 Å². The number of aromatic nitrogens is 4. The van der Waals surface area contributed by atoms with Gasteiger partial charge in [0.2, 0.25) is 0 Å². The molecule has 3 aromatic rings. The molecule has 6 heteroatoms. The number of rotatable bonds is 4. The summed E-state index contributed by atoms with van der Waals surface area (Å²) in [6, 6.07) is 7.89. The number of hydrogen-bond acceptors (Lipinski definition) is 3. The SMILES string of the molecule is Cn1cncc1C(=O)NCc1ccccc1-n1ccnc1. The molecular formula is C15H15N5O. The summed E-state index contributed by atoms with van der Waals surface area (Å²) in [5.41, 5.74) is 2.56. The Morgan fingerprint density at radius 3 is 2.81 bits per heavy atom. The van der Waals surface area contributed by atoms with Gasteiger partial charge in [-0.2, -0.15) is 0 Å². The first kappa shape index (κ1) is 13.1. The Balaban J connectivity index is 1.77. The van der Waals surface area contributed by atoms with E-state index in [9.17, 15) is 4.79 Å². The maximum absolute atomic E-state index is 12.1. The number of carbonyl (C=O) groups excluding carboxylic acids is 1. The van der Waals surface area contributed by atoms with E-state index in [4.69, 9.17) is 0 Å². The summed E-state index contributed by atoms with van der Waals surface area (Å²) in [6.07, 6.45) is 8.50. The summed E-state index contributed by atoms with van der Waals surface area (Å²) in [5.74, 6) is -0.143. The highest BCUT2D eigenvalue weighted by atomic mass is 16.1. The molecule has 0 fully saturated rings. The molecule has 0 unspecified atom stereocenters. The van der Waals surface area contributed by atoms with Gasteiger partial charge in [0.25, 0.3) is 5.91 Å². The van der Waals surface area contributed by atoms with E-state index in [0.29, 0.717) is 12.2 Å². The normalized spacial score (nSPS) is 10.5. The lowest BCUT2D eigenvalue weighted by atomic mass is 10.1. The number of nitrogens with one attached hydrogen (secondary N) is 1. The lowest BCUT2D eigenvalue weighted by Gasteiger charge is -2.11. The van der Waals surface area contributed by atoms with Crippen LogP contribution in [0.25, 0.3) is 5.69 Å². The zero-order valence-electron chi connectivity index (χ0n) is 11.6. The molecule has 2 heterocycles. The molecular weight excluding hydrogens is 266 g/mol. The summed E-state index contributed by atoms with van der Waals surface area (Å²) in [5, 5.41) is 2.91. The average molecular weight is 281 g/mol. The lowest BCUT2D eigenvalue weighted by Crippen LogP contribution is -2.25. The van der Waals surface area contributed by atoms with Gasteiger partial charge in [0.05, 0.1) is 24.5 Å². The van der Waals surface area contributed by atoms with Crippen LogP contribution in [0.2, 0.25) is 0 Å². The van der Waals surface area contributed by atoms with Gasteiger partial charge < -0.3 is 14.5 Å². The number of nitrogens with zero attached hydrogens (tertiary/aromatic N) is 4. The van der Waals surface area contributed by atoms with E-state index in [2.05, 4.69) is 15.3 Å². The van der Waals surface area contributed by atoms with Crippen molar-refractivity contribution in [3.63, 3.8) is 0 Å². The monoisotopic (exact) mass is 281 g/mol. The Labute approximate surface area is 122 Å². The number of para-hydroxylation sites is 1. The van der Waals surface area contributed by atoms with Crippen LogP contribution < -0.4 is 5.32 Å². The van der Waals surface area contributed by atoms with Gasteiger partial charge in [0, 0.05) is 26.0 Å². The molecule has 0 atom stereocenters. The lowest BCUT2D eigenvalue weighted by molar-refractivity contribution is 0.0943. The van der Waals surface area contributed by atoms with Crippen LogP contribution in [0.4, 0.5) is 0 Å². The van der Waals surface area contributed by atoms with Crippen LogP contribution in [0.15, 0.2) is 55.5 Å². The molecule has 21 heavy (non-hydrogen) atoms. The van der Waals surface area contributed by atoms with Crippen molar-refractivity contribution < 1.29 is 4.79 Å². The van der Waals surface area contributed by atoms with Crippen LogP contribution in [0.1, 0.15) is 16.1 Å². The molecule has 0 aliphatic rings. The molecule has 0 spiro atoms. The van der Waals surface area contributed by atoms with Crippen LogP contribution in [0.3, 0.4) is 0 Å². The largest absolute Gasteiger partial charge is 0.347 e. The summed E-state index contributed by atoms with van der Waals surface area (Å²) in [4.78, 5) is 20.1. The zero-order valence-corrected chi connectivity index (χ0v) is 11.6. The Morgan fingerprint density at radius 2 is 2.10 bits per heavy atom. The number of amides is 1. The number of benzene rings is 1. The number of imidazole rings is 2. The van der Waals surface area contributed by atoms with Crippen LogP contribution in [0.5, 0.6) is 0 Å². The minimum atomic E-state index is -0.143. The van der Waals surface area contributed by atoms with E-state index in [0.717, 1.165) is 11.3 Å². The molecule has 0 aliphatic heterocycles. The van der Waals surface area contributed by atoms with Crippen LogP contribution in [-0.4, -0.2) is 25.0 Å². The fraction of sp³-hybridized carbons (Fsp3) is 0.133. The molecule has 0 saturated heterocycles. The summed E-state index contributed by atoms with van der Waals surface area (Å²) in [6.45, 7) is 0.443. The third-order valence-corrected chi connectivity index (χ3v) is 3.26. The van der Waals surface area contributed by atoms with E-state index in [1.807, 2.05) is 35.0 Å². The van der Waals surface area contributed by atoms with Gasteiger partial charge in [-0.05, 0) is 11.6 Å². The van der Waals surface area contributed by atoms with E-state index in [-0.39, 0.29) is 5.91 Å². The molecule has 2 aromatic heterocycles. The Bertz CT molecular complexity index is 745. The molecule has 0 aliphatic carbocycles. The number of aryl methyl sites for hydroxylation is 1. The van der Waals surface area contributed by atoms with Crippen molar-refractivity contribution >= 4 is 5.91 Å².